The van der Waals surface area contributed by atoms with Crippen LogP contribution in [-0.2, 0) is 38.2 Å². The second-order valence-corrected chi connectivity index (χ2v) is 7.43. The van der Waals surface area contributed by atoms with E-state index in [1.807, 2.05) is 6.92 Å². The van der Waals surface area contributed by atoms with Gasteiger partial charge in [0.15, 0.2) is 11.2 Å². The van der Waals surface area contributed by atoms with Gasteiger partial charge in [0.05, 0.1) is 32.3 Å². The van der Waals surface area contributed by atoms with E-state index in [9.17, 15) is 39.0 Å². The smallest absolute Gasteiger partial charge is 0.336 e. The van der Waals surface area contributed by atoms with E-state index in [2.05, 4.69) is 0 Å². The van der Waals surface area contributed by atoms with Crippen molar-refractivity contribution in [3.8, 4) is 0 Å². The van der Waals surface area contributed by atoms with Crippen molar-refractivity contribution in [1.29, 1.82) is 0 Å². The van der Waals surface area contributed by atoms with E-state index in [1.165, 1.54) is 0 Å². The first kappa shape index (κ1) is 29.7. The number of hydrogen-bond donors (Lipinski definition) is 6. The molecule has 188 valence electrons. The normalized spacial score (nSPS) is 15.4. The van der Waals surface area contributed by atoms with E-state index in [0.29, 0.717) is 12.8 Å². The summed E-state index contributed by atoms with van der Waals surface area (Å²) in [5.74, 6) is -9.56. The Morgan fingerprint density at radius 1 is 0.727 bits per heavy atom. The van der Waals surface area contributed by atoms with Crippen molar-refractivity contribution >= 4 is 35.8 Å². The number of hydrogen-bond acceptors (Lipinski definition) is 10. The summed E-state index contributed by atoms with van der Waals surface area (Å²) >= 11 is 0. The van der Waals surface area contributed by atoms with Gasteiger partial charge < -0.3 is 40.1 Å². The van der Waals surface area contributed by atoms with Gasteiger partial charge in [0.25, 0.3) is 0 Å². The van der Waals surface area contributed by atoms with E-state index in [0.717, 1.165) is 0 Å². The minimum Gasteiger partial charge on any atom is -0.481 e. The van der Waals surface area contributed by atoms with E-state index < -0.39 is 85.4 Å². The number of ether oxygens (including phenoxy) is 2. The Morgan fingerprint density at radius 2 is 1.18 bits per heavy atom. The quantitative estimate of drug-likeness (QED) is 0.142. The number of unbranched alkanes of at least 4 members (excludes halogenated alkanes) is 1. The van der Waals surface area contributed by atoms with Gasteiger partial charge in [-0.2, -0.15) is 0 Å². The number of carboxylic acid groups (broad SMARTS) is 4. The fraction of sp³-hybridized carbons (Fsp3) is 0.684. The van der Waals surface area contributed by atoms with Gasteiger partial charge in [0.1, 0.15) is 6.10 Å². The average Bonchev–Trinajstić information content (AvgIpc) is 2.63. The Kier molecular flexibility index (Phi) is 12.0. The SMILES string of the molecule is CCCCC(CCOC(=O)CC(O)(CC(=O)O)C(=O)O)OC(=O)CC(O)(CC(=O)O)C(=O)O. The summed E-state index contributed by atoms with van der Waals surface area (Å²) < 4.78 is 9.87. The number of carbonyl (C=O) groups is 6. The zero-order valence-corrected chi connectivity index (χ0v) is 17.9. The van der Waals surface area contributed by atoms with E-state index in [1.54, 1.807) is 0 Å². The molecule has 6 N–H and O–H groups in total. The highest BCUT2D eigenvalue weighted by molar-refractivity contribution is 5.89. The van der Waals surface area contributed by atoms with Crippen molar-refractivity contribution in [2.75, 3.05) is 6.61 Å². The Balaban J connectivity index is 4.97. The number of aliphatic carboxylic acids is 4. The van der Waals surface area contributed by atoms with Crippen LogP contribution in [0.3, 0.4) is 0 Å². The highest BCUT2D eigenvalue weighted by atomic mass is 16.6. The lowest BCUT2D eigenvalue weighted by Gasteiger charge is -2.23. The lowest BCUT2D eigenvalue weighted by Crippen LogP contribution is -2.43. The number of carbonyl (C=O) groups excluding carboxylic acids is 2. The third kappa shape index (κ3) is 11.2. The molecule has 33 heavy (non-hydrogen) atoms. The van der Waals surface area contributed by atoms with E-state index >= 15 is 0 Å². The average molecular weight is 480 g/mol. The van der Waals surface area contributed by atoms with Crippen molar-refractivity contribution in [2.45, 2.75) is 75.6 Å². The molecule has 0 aliphatic heterocycles. The molecule has 0 bridgehead atoms. The lowest BCUT2D eigenvalue weighted by atomic mass is 9.96. The molecule has 3 atom stereocenters. The summed E-state index contributed by atoms with van der Waals surface area (Å²) in [5.41, 5.74) is -5.75. The molecule has 0 amide bonds. The monoisotopic (exact) mass is 480 g/mol. The Hall–Kier alpha value is -3.26. The Morgan fingerprint density at radius 3 is 1.58 bits per heavy atom. The fourth-order valence-electron chi connectivity index (χ4n) is 2.68. The molecule has 0 heterocycles. The number of aliphatic hydroxyl groups is 2. The number of esters is 2. The Labute approximate surface area is 187 Å². The molecule has 0 aliphatic rings. The molecule has 0 spiro atoms. The summed E-state index contributed by atoms with van der Waals surface area (Å²) in [6.45, 7) is 1.41. The minimum atomic E-state index is -2.88. The van der Waals surface area contributed by atoms with Gasteiger partial charge in [-0.05, 0) is 6.42 Å². The minimum absolute atomic E-state index is 0.119. The second-order valence-electron chi connectivity index (χ2n) is 7.43. The molecule has 14 heteroatoms. The summed E-state index contributed by atoms with van der Waals surface area (Å²) in [7, 11) is 0. The zero-order valence-electron chi connectivity index (χ0n) is 17.9. The van der Waals surface area contributed by atoms with Crippen LogP contribution in [0.15, 0.2) is 0 Å². The molecule has 0 rings (SSSR count). The van der Waals surface area contributed by atoms with Crippen LogP contribution in [0.1, 0.15) is 58.3 Å². The maximum atomic E-state index is 12.1. The molecule has 0 aliphatic carbocycles. The summed E-state index contributed by atoms with van der Waals surface area (Å²) in [6, 6.07) is 0. The number of rotatable bonds is 17. The molecule has 0 aromatic rings. The van der Waals surface area contributed by atoms with Crippen LogP contribution in [0.2, 0.25) is 0 Å². The van der Waals surface area contributed by atoms with Crippen LogP contribution in [0, 0.1) is 0 Å². The third-order valence-corrected chi connectivity index (χ3v) is 4.44. The topological polar surface area (TPSA) is 242 Å². The summed E-state index contributed by atoms with van der Waals surface area (Å²) in [4.78, 5) is 67.6. The van der Waals surface area contributed by atoms with E-state index in [-0.39, 0.29) is 12.8 Å². The molecule has 0 aromatic heterocycles. The van der Waals surface area contributed by atoms with Crippen molar-refractivity contribution in [3.05, 3.63) is 0 Å². The molecule has 3 unspecified atom stereocenters. The Bertz CT molecular complexity index is 747. The van der Waals surface area contributed by atoms with Crippen molar-refractivity contribution in [2.24, 2.45) is 0 Å². The van der Waals surface area contributed by atoms with Crippen LogP contribution < -0.4 is 0 Å². The first-order valence-electron chi connectivity index (χ1n) is 9.85. The van der Waals surface area contributed by atoms with Crippen LogP contribution in [0.4, 0.5) is 0 Å². The van der Waals surface area contributed by atoms with Gasteiger partial charge in [-0.1, -0.05) is 19.8 Å². The highest BCUT2D eigenvalue weighted by Gasteiger charge is 2.42. The molecular weight excluding hydrogens is 452 g/mol. The van der Waals surface area contributed by atoms with Crippen molar-refractivity contribution in [3.63, 3.8) is 0 Å². The first-order valence-corrected chi connectivity index (χ1v) is 9.85. The van der Waals surface area contributed by atoms with Gasteiger partial charge in [0, 0.05) is 6.42 Å². The molecular formula is C19H28O14. The van der Waals surface area contributed by atoms with Crippen molar-refractivity contribution in [1.82, 2.24) is 0 Å². The molecule has 0 radical (unpaired) electrons. The largest absolute Gasteiger partial charge is 0.481 e. The standard InChI is InChI=1S/C19H28O14/c1-2-3-4-11(33-15(25)10-19(31,17(28)29)8-13(22)23)5-6-32-14(24)9-18(30,16(26)27)7-12(20)21/h11,30-31H,2-10H2,1H3,(H,20,21)(H,22,23)(H,26,27)(H,28,29). The molecule has 0 aromatic carbocycles. The molecule has 0 saturated heterocycles. The highest BCUT2D eigenvalue weighted by Crippen LogP contribution is 2.20. The summed E-state index contributed by atoms with van der Waals surface area (Å²) in [6.07, 6.45) is -4.32. The maximum Gasteiger partial charge on any atom is 0.336 e. The fourth-order valence-corrected chi connectivity index (χ4v) is 2.68. The summed E-state index contributed by atoms with van der Waals surface area (Å²) in [5, 5.41) is 55.1. The number of carboxylic acids is 4. The van der Waals surface area contributed by atoms with Gasteiger partial charge in [0.2, 0.25) is 0 Å². The van der Waals surface area contributed by atoms with Gasteiger partial charge in [-0.15, -0.1) is 0 Å². The predicted molar refractivity (Wildman–Crippen MR) is 104 cm³/mol. The predicted octanol–water partition coefficient (Wildman–Crippen LogP) is -0.617. The van der Waals surface area contributed by atoms with Crippen LogP contribution in [-0.4, -0.2) is 90.4 Å². The van der Waals surface area contributed by atoms with Gasteiger partial charge >= 0.3 is 35.8 Å². The zero-order chi connectivity index (χ0) is 25.8. The third-order valence-electron chi connectivity index (χ3n) is 4.44. The lowest BCUT2D eigenvalue weighted by molar-refractivity contribution is -0.174. The van der Waals surface area contributed by atoms with Gasteiger partial charge in [-0.25, -0.2) is 9.59 Å². The molecule has 0 saturated carbocycles. The van der Waals surface area contributed by atoms with Crippen LogP contribution in [0.25, 0.3) is 0 Å². The molecule has 0 fully saturated rings. The van der Waals surface area contributed by atoms with Crippen LogP contribution in [0.5, 0.6) is 0 Å². The second kappa shape index (κ2) is 13.3. The van der Waals surface area contributed by atoms with Crippen LogP contribution >= 0.6 is 0 Å². The maximum absolute atomic E-state index is 12.1. The molecule has 14 nitrogen and oxygen atoms in total. The van der Waals surface area contributed by atoms with Crippen molar-refractivity contribution < 1.29 is 68.9 Å². The van der Waals surface area contributed by atoms with Gasteiger partial charge in [-0.3, -0.25) is 19.2 Å². The first-order chi connectivity index (χ1) is 15.1. The van der Waals surface area contributed by atoms with E-state index in [4.69, 9.17) is 29.9 Å².